The Labute approximate surface area is 329 Å². The monoisotopic (exact) mass is 718 g/mol. The van der Waals surface area contributed by atoms with Gasteiger partial charge in [0.2, 0.25) is 0 Å². The van der Waals surface area contributed by atoms with Gasteiger partial charge in [0.25, 0.3) is 0 Å². The van der Waals surface area contributed by atoms with Gasteiger partial charge < -0.3 is 9.47 Å². The van der Waals surface area contributed by atoms with Gasteiger partial charge in [-0.15, -0.1) is 0 Å². The minimum atomic E-state index is 0.959. The smallest absolute Gasteiger partial charge is 0.0558 e. The fourth-order valence-corrected chi connectivity index (χ4v) is 8.48. The van der Waals surface area contributed by atoms with Crippen molar-refractivity contribution >= 4 is 55.7 Å². The lowest BCUT2D eigenvalue weighted by Crippen LogP contribution is -2.10. The van der Waals surface area contributed by atoms with E-state index < -0.39 is 0 Å². The van der Waals surface area contributed by atoms with Crippen LogP contribution >= 0.6 is 0 Å². The molecule has 268 valence electrons. The van der Waals surface area contributed by atoms with E-state index in [1.807, 2.05) is 0 Å². The summed E-state index contributed by atoms with van der Waals surface area (Å²) in [6, 6.07) is 64.3. The number of anilines is 3. The zero-order valence-electron chi connectivity index (χ0n) is 31.4. The van der Waals surface area contributed by atoms with E-state index in [0.717, 1.165) is 42.7 Å². The van der Waals surface area contributed by atoms with Crippen LogP contribution in [-0.2, 0) is 0 Å². The molecule has 0 atom stereocenters. The van der Waals surface area contributed by atoms with Crippen LogP contribution in [0, 0.1) is 0 Å². The average Bonchev–Trinajstić information content (AvgIpc) is 3.61. The first-order valence-electron chi connectivity index (χ1n) is 19.8. The summed E-state index contributed by atoms with van der Waals surface area (Å²) in [5.41, 5.74) is 17.2. The Morgan fingerprint density at radius 2 is 1.00 bits per heavy atom. The molecule has 1 heterocycles. The Kier molecular flexibility index (Phi) is 8.85. The first-order chi connectivity index (χ1) is 27.8. The van der Waals surface area contributed by atoms with Crippen LogP contribution in [0.5, 0.6) is 0 Å². The Morgan fingerprint density at radius 1 is 0.411 bits per heavy atom. The molecule has 0 N–H and O–H groups in total. The summed E-state index contributed by atoms with van der Waals surface area (Å²) in [7, 11) is 0. The largest absolute Gasteiger partial charge is 0.313 e. The Morgan fingerprint density at radius 3 is 1.62 bits per heavy atom. The number of hydrogen-bond acceptors (Lipinski definition) is 1. The Bertz CT molecular complexity index is 2800. The van der Waals surface area contributed by atoms with Gasteiger partial charge in [0.1, 0.15) is 0 Å². The molecule has 0 spiro atoms. The zero-order chi connectivity index (χ0) is 37.3. The van der Waals surface area contributed by atoms with Crippen molar-refractivity contribution in [2.24, 2.45) is 0 Å². The van der Waals surface area contributed by atoms with E-state index in [2.05, 4.69) is 216 Å². The Hall–Kier alpha value is -6.90. The molecule has 1 aromatic heterocycles. The van der Waals surface area contributed by atoms with Crippen molar-refractivity contribution in [3.05, 3.63) is 217 Å². The average molecular weight is 719 g/mol. The first kappa shape index (κ1) is 33.7. The zero-order valence-corrected chi connectivity index (χ0v) is 31.4. The van der Waals surface area contributed by atoms with Crippen molar-refractivity contribution in [1.82, 2.24) is 4.57 Å². The number of rotatable bonds is 8. The highest BCUT2D eigenvalue weighted by molar-refractivity contribution is 6.12. The van der Waals surface area contributed by atoms with E-state index in [4.69, 9.17) is 0 Å². The molecule has 0 amide bonds. The maximum atomic E-state index is 2.52. The minimum absolute atomic E-state index is 0.959. The SMILES string of the molecule is C1=CC(c2ccc(N(c3ccc(-c4ccccc4)cc3)c3ccc4c5cc(-c6ccccc6)ccc5n(C5=CC=C(c6ccccc6)CC5)c4c3)cc2)=CCC1. The molecule has 2 aliphatic rings. The number of nitrogens with zero attached hydrogens (tertiary/aromatic N) is 2. The van der Waals surface area contributed by atoms with E-state index >= 15 is 0 Å². The molecule has 0 fully saturated rings. The molecule has 0 saturated heterocycles. The van der Waals surface area contributed by atoms with Crippen LogP contribution in [0.25, 0.3) is 60.9 Å². The molecular weight excluding hydrogens is 677 g/mol. The fraction of sp³-hybridized carbons (Fsp3) is 0.0741. The minimum Gasteiger partial charge on any atom is -0.313 e. The van der Waals surface area contributed by atoms with Gasteiger partial charge in [0.15, 0.2) is 0 Å². The summed E-state index contributed by atoms with van der Waals surface area (Å²) in [5, 5.41) is 2.52. The summed E-state index contributed by atoms with van der Waals surface area (Å²) in [6.45, 7) is 0. The van der Waals surface area contributed by atoms with Crippen LogP contribution < -0.4 is 4.90 Å². The highest BCUT2D eigenvalue weighted by Gasteiger charge is 2.20. The summed E-state index contributed by atoms with van der Waals surface area (Å²) in [5.74, 6) is 0. The molecule has 0 radical (unpaired) electrons. The molecule has 0 unspecified atom stereocenters. The number of aromatic nitrogens is 1. The highest BCUT2D eigenvalue weighted by Crippen LogP contribution is 2.43. The van der Waals surface area contributed by atoms with Crippen LogP contribution in [-0.4, -0.2) is 4.57 Å². The second-order valence-electron chi connectivity index (χ2n) is 14.8. The molecule has 8 aromatic rings. The molecule has 0 aliphatic heterocycles. The summed E-state index contributed by atoms with van der Waals surface area (Å²) >= 11 is 0. The van der Waals surface area contributed by atoms with Crippen molar-refractivity contribution in [3.63, 3.8) is 0 Å². The number of benzene rings is 7. The normalized spacial score (nSPS) is 14.0. The van der Waals surface area contributed by atoms with Crippen molar-refractivity contribution in [2.45, 2.75) is 25.7 Å². The molecular formula is C54H42N2. The van der Waals surface area contributed by atoms with Crippen LogP contribution in [0.15, 0.2) is 206 Å². The second-order valence-corrected chi connectivity index (χ2v) is 14.8. The molecule has 2 aliphatic carbocycles. The van der Waals surface area contributed by atoms with E-state index in [1.54, 1.807) is 0 Å². The topological polar surface area (TPSA) is 8.17 Å². The third kappa shape index (κ3) is 6.40. The van der Waals surface area contributed by atoms with Gasteiger partial charge in [-0.1, -0.05) is 152 Å². The molecule has 0 bridgehead atoms. The standard InChI is InChI=1S/C54H42N2/c1-5-13-39(14-6-1)43-21-28-47(29-22-43)55(48-30-23-44(24-31-48)40-15-7-2-8-16-40)50-34-35-51-52-37-46(42-19-11-4-12-20-42)27-36-53(52)56(54(51)38-50)49-32-25-45(26-33-49)41-17-9-3-10-18-41/h1,3-7,9-25,27-32,34-38H,2,8,26,33H2. The molecule has 7 aromatic carbocycles. The number of allylic oxidation sites excluding steroid dienone is 8. The predicted molar refractivity (Wildman–Crippen MR) is 239 cm³/mol. The van der Waals surface area contributed by atoms with E-state index in [0.29, 0.717) is 0 Å². The van der Waals surface area contributed by atoms with Gasteiger partial charge in [0, 0.05) is 33.5 Å². The summed E-state index contributed by atoms with van der Waals surface area (Å²) in [6.07, 6.45) is 15.7. The molecule has 10 rings (SSSR count). The Balaban J connectivity index is 1.14. The second kappa shape index (κ2) is 14.7. The maximum Gasteiger partial charge on any atom is 0.0558 e. The van der Waals surface area contributed by atoms with Crippen LogP contribution in [0.1, 0.15) is 36.8 Å². The molecule has 2 nitrogen and oxygen atoms in total. The van der Waals surface area contributed by atoms with Crippen LogP contribution in [0.4, 0.5) is 17.1 Å². The lowest BCUT2D eigenvalue weighted by atomic mass is 9.96. The highest BCUT2D eigenvalue weighted by atomic mass is 15.1. The van der Waals surface area contributed by atoms with Crippen LogP contribution in [0.2, 0.25) is 0 Å². The molecule has 2 heteroatoms. The third-order valence-corrected chi connectivity index (χ3v) is 11.4. The van der Waals surface area contributed by atoms with Gasteiger partial charge in [-0.2, -0.15) is 0 Å². The van der Waals surface area contributed by atoms with Gasteiger partial charge in [-0.3, -0.25) is 0 Å². The van der Waals surface area contributed by atoms with Gasteiger partial charge in [0.05, 0.1) is 11.0 Å². The first-order valence-corrected chi connectivity index (χ1v) is 19.8. The lowest BCUT2D eigenvalue weighted by Gasteiger charge is -2.26. The number of fused-ring (bicyclic) bond motifs is 3. The van der Waals surface area contributed by atoms with E-state index in [-0.39, 0.29) is 0 Å². The third-order valence-electron chi connectivity index (χ3n) is 11.4. The summed E-state index contributed by atoms with van der Waals surface area (Å²) < 4.78 is 2.52. The maximum absolute atomic E-state index is 2.52. The predicted octanol–water partition coefficient (Wildman–Crippen LogP) is 15.0. The lowest BCUT2D eigenvalue weighted by molar-refractivity contribution is 0.992. The fourth-order valence-electron chi connectivity index (χ4n) is 8.48. The van der Waals surface area contributed by atoms with Crippen LogP contribution in [0.3, 0.4) is 0 Å². The van der Waals surface area contributed by atoms with Crippen molar-refractivity contribution in [1.29, 1.82) is 0 Å². The van der Waals surface area contributed by atoms with Crippen molar-refractivity contribution in [3.8, 4) is 22.3 Å². The van der Waals surface area contributed by atoms with Gasteiger partial charge in [-0.05, 0) is 125 Å². The molecule has 0 saturated carbocycles. The number of hydrogen-bond donors (Lipinski definition) is 0. The quantitative estimate of drug-likeness (QED) is 0.152. The van der Waals surface area contributed by atoms with Crippen molar-refractivity contribution in [2.75, 3.05) is 4.90 Å². The van der Waals surface area contributed by atoms with E-state index in [1.165, 1.54) is 72.0 Å². The van der Waals surface area contributed by atoms with Gasteiger partial charge >= 0.3 is 0 Å². The van der Waals surface area contributed by atoms with Gasteiger partial charge in [-0.25, -0.2) is 0 Å². The van der Waals surface area contributed by atoms with Crippen molar-refractivity contribution < 1.29 is 0 Å². The van der Waals surface area contributed by atoms with E-state index in [9.17, 15) is 0 Å². The summed E-state index contributed by atoms with van der Waals surface area (Å²) in [4.78, 5) is 2.41. The molecule has 56 heavy (non-hydrogen) atoms.